The molecule has 4 aliphatic carbocycles. The quantitative estimate of drug-likeness (QED) is 0.698. The first-order valence-corrected chi connectivity index (χ1v) is 10.3. The van der Waals surface area contributed by atoms with Crippen molar-refractivity contribution in [2.24, 2.45) is 40.4 Å². The molecule has 4 rings (SSSR count). The summed E-state index contributed by atoms with van der Waals surface area (Å²) < 4.78 is 0. The van der Waals surface area contributed by atoms with E-state index in [1.807, 2.05) is 13.0 Å². The van der Waals surface area contributed by atoms with Crippen LogP contribution < -0.4 is 0 Å². The highest BCUT2D eigenvalue weighted by atomic mass is 16.1. The first-order valence-electron chi connectivity index (χ1n) is 10.3. The fraction of sp³-hybridized carbons (Fsp3) is 0.739. The van der Waals surface area contributed by atoms with E-state index >= 15 is 0 Å². The van der Waals surface area contributed by atoms with E-state index in [2.05, 4.69) is 26.8 Å². The molecule has 0 bridgehead atoms. The molecule has 2 heteroatoms. The number of fused-ring (bicyclic) bond motifs is 5. The first-order chi connectivity index (χ1) is 11.8. The largest absolute Gasteiger partial charge is 0.300 e. The van der Waals surface area contributed by atoms with E-state index in [0.717, 1.165) is 12.8 Å². The normalized spacial score (nSPS) is 48.4. The van der Waals surface area contributed by atoms with Gasteiger partial charge in [-0.1, -0.05) is 38.8 Å². The molecule has 3 fully saturated rings. The maximum absolute atomic E-state index is 12.3. The second-order valence-corrected chi connectivity index (χ2v) is 9.64. The molecule has 0 amide bonds. The Balaban J connectivity index is 1.76. The van der Waals surface area contributed by atoms with Crippen LogP contribution in [-0.2, 0) is 9.59 Å². The highest BCUT2D eigenvalue weighted by Gasteiger charge is 2.61. The number of carbonyl (C=O) groups excluding carboxylic acids is 2. The zero-order chi connectivity index (χ0) is 18.0. The van der Waals surface area contributed by atoms with Crippen LogP contribution in [0.5, 0.6) is 0 Å². The first kappa shape index (κ1) is 17.2. The SMILES string of the molecule is CCC1CC2(C)C(C(C)=O)CCC2C2CCC3=CC(=O)C=CC3(C)C12. The molecular formula is C23H32O2. The lowest BCUT2D eigenvalue weighted by Gasteiger charge is -2.60. The molecular weight excluding hydrogens is 308 g/mol. The number of hydrogen-bond acceptors (Lipinski definition) is 2. The molecule has 0 aromatic heterocycles. The number of allylic oxidation sites excluding steroid dienone is 4. The van der Waals surface area contributed by atoms with Crippen LogP contribution in [0.1, 0.15) is 66.2 Å². The third-order valence-corrected chi connectivity index (χ3v) is 8.65. The van der Waals surface area contributed by atoms with E-state index in [-0.39, 0.29) is 22.5 Å². The molecule has 3 saturated carbocycles. The smallest absolute Gasteiger partial charge is 0.178 e. The Bertz CT molecular complexity index is 672. The van der Waals surface area contributed by atoms with Gasteiger partial charge in [-0.25, -0.2) is 0 Å². The third kappa shape index (κ3) is 2.28. The van der Waals surface area contributed by atoms with E-state index in [0.29, 0.717) is 29.5 Å². The van der Waals surface area contributed by atoms with Crippen LogP contribution in [-0.4, -0.2) is 11.6 Å². The van der Waals surface area contributed by atoms with Crippen molar-refractivity contribution < 1.29 is 9.59 Å². The maximum Gasteiger partial charge on any atom is 0.178 e. The Morgan fingerprint density at radius 3 is 2.68 bits per heavy atom. The molecule has 25 heavy (non-hydrogen) atoms. The number of ketones is 2. The van der Waals surface area contributed by atoms with Crippen molar-refractivity contribution in [2.75, 3.05) is 0 Å². The zero-order valence-electron chi connectivity index (χ0n) is 16.2. The van der Waals surface area contributed by atoms with Crippen molar-refractivity contribution in [3.05, 3.63) is 23.8 Å². The van der Waals surface area contributed by atoms with Gasteiger partial charge in [-0.05, 0) is 80.3 Å². The predicted molar refractivity (Wildman–Crippen MR) is 100.0 cm³/mol. The summed E-state index contributed by atoms with van der Waals surface area (Å²) >= 11 is 0. The molecule has 136 valence electrons. The summed E-state index contributed by atoms with van der Waals surface area (Å²) in [6.45, 7) is 8.93. The van der Waals surface area contributed by atoms with Gasteiger partial charge in [0.05, 0.1) is 0 Å². The summed E-state index contributed by atoms with van der Waals surface area (Å²) in [4.78, 5) is 24.3. The molecule has 0 aromatic carbocycles. The predicted octanol–water partition coefficient (Wildman–Crippen LogP) is 5.14. The fourth-order valence-electron chi connectivity index (χ4n) is 7.66. The van der Waals surface area contributed by atoms with E-state index in [9.17, 15) is 9.59 Å². The van der Waals surface area contributed by atoms with Crippen molar-refractivity contribution in [1.82, 2.24) is 0 Å². The minimum Gasteiger partial charge on any atom is -0.300 e. The molecule has 0 N–H and O–H groups in total. The average molecular weight is 341 g/mol. The molecule has 2 nitrogen and oxygen atoms in total. The Labute approximate surface area is 152 Å². The van der Waals surface area contributed by atoms with Gasteiger partial charge in [0.15, 0.2) is 5.78 Å². The van der Waals surface area contributed by atoms with Gasteiger partial charge in [0.2, 0.25) is 0 Å². The molecule has 7 atom stereocenters. The van der Waals surface area contributed by atoms with Gasteiger partial charge in [-0.3, -0.25) is 9.59 Å². The summed E-state index contributed by atoms with van der Waals surface area (Å²) in [7, 11) is 0. The Kier molecular flexibility index (Phi) is 3.90. The van der Waals surface area contributed by atoms with Crippen LogP contribution in [0.25, 0.3) is 0 Å². The average Bonchev–Trinajstić information content (AvgIpc) is 2.91. The van der Waals surface area contributed by atoms with E-state index in [4.69, 9.17) is 0 Å². The summed E-state index contributed by atoms with van der Waals surface area (Å²) in [5.41, 5.74) is 1.61. The molecule has 0 aromatic rings. The lowest BCUT2D eigenvalue weighted by molar-refractivity contribution is -0.130. The molecule has 4 aliphatic rings. The van der Waals surface area contributed by atoms with Gasteiger partial charge in [0.25, 0.3) is 0 Å². The zero-order valence-corrected chi connectivity index (χ0v) is 16.2. The summed E-state index contributed by atoms with van der Waals surface area (Å²) in [5.74, 6) is 3.50. The number of Topliss-reactive ketones (excluding diaryl/α,β-unsaturated/α-hetero) is 1. The number of hydrogen-bond donors (Lipinski definition) is 0. The van der Waals surface area contributed by atoms with Crippen molar-refractivity contribution in [3.8, 4) is 0 Å². The second-order valence-electron chi connectivity index (χ2n) is 9.64. The van der Waals surface area contributed by atoms with Crippen molar-refractivity contribution in [3.63, 3.8) is 0 Å². The molecule has 7 unspecified atom stereocenters. The van der Waals surface area contributed by atoms with Gasteiger partial charge in [0, 0.05) is 11.3 Å². The Morgan fingerprint density at radius 2 is 2.00 bits per heavy atom. The van der Waals surface area contributed by atoms with E-state index in [1.54, 1.807) is 6.08 Å². The van der Waals surface area contributed by atoms with Gasteiger partial charge in [0.1, 0.15) is 5.78 Å². The van der Waals surface area contributed by atoms with Gasteiger partial charge in [-0.15, -0.1) is 0 Å². The standard InChI is InChI=1S/C23H32O2/c1-5-15-13-23(4)19(14(2)24)8-9-20(23)18-7-6-16-12-17(25)10-11-22(16,3)21(15)18/h10-12,15,18-21H,5-9,13H2,1-4H3. The lowest BCUT2D eigenvalue weighted by Crippen LogP contribution is -2.54. The third-order valence-electron chi connectivity index (χ3n) is 8.65. The van der Waals surface area contributed by atoms with Crippen LogP contribution in [0, 0.1) is 40.4 Å². The maximum atomic E-state index is 12.3. The lowest BCUT2D eigenvalue weighted by atomic mass is 9.44. The molecule has 0 spiro atoms. The van der Waals surface area contributed by atoms with Crippen LogP contribution in [0.3, 0.4) is 0 Å². The van der Waals surface area contributed by atoms with Crippen LogP contribution in [0.15, 0.2) is 23.8 Å². The van der Waals surface area contributed by atoms with Crippen molar-refractivity contribution in [1.29, 1.82) is 0 Å². The Morgan fingerprint density at radius 1 is 1.24 bits per heavy atom. The van der Waals surface area contributed by atoms with Crippen molar-refractivity contribution >= 4 is 11.6 Å². The Hall–Kier alpha value is -1.18. The van der Waals surface area contributed by atoms with Gasteiger partial charge < -0.3 is 0 Å². The van der Waals surface area contributed by atoms with Gasteiger partial charge in [-0.2, -0.15) is 0 Å². The molecule has 0 aliphatic heterocycles. The minimum atomic E-state index is 0.0488. The molecule has 0 saturated heterocycles. The summed E-state index contributed by atoms with van der Waals surface area (Å²) in [6, 6.07) is 0. The van der Waals surface area contributed by atoms with Crippen molar-refractivity contribution in [2.45, 2.75) is 66.2 Å². The summed E-state index contributed by atoms with van der Waals surface area (Å²) in [5, 5.41) is 0. The number of rotatable bonds is 2. The topological polar surface area (TPSA) is 34.1 Å². The number of carbonyl (C=O) groups is 2. The summed E-state index contributed by atoms with van der Waals surface area (Å²) in [6.07, 6.45) is 12.9. The molecule has 0 radical (unpaired) electrons. The molecule has 0 heterocycles. The van der Waals surface area contributed by atoms with Crippen LogP contribution >= 0.6 is 0 Å². The monoisotopic (exact) mass is 340 g/mol. The highest BCUT2D eigenvalue weighted by Crippen LogP contribution is 2.68. The van der Waals surface area contributed by atoms with Crippen LogP contribution in [0.2, 0.25) is 0 Å². The van der Waals surface area contributed by atoms with E-state index < -0.39 is 0 Å². The fourth-order valence-corrected chi connectivity index (χ4v) is 7.66. The van der Waals surface area contributed by atoms with Gasteiger partial charge >= 0.3 is 0 Å². The second kappa shape index (κ2) is 5.66. The van der Waals surface area contributed by atoms with Crippen LogP contribution in [0.4, 0.5) is 0 Å². The minimum absolute atomic E-state index is 0.0488. The highest BCUT2D eigenvalue weighted by molar-refractivity contribution is 6.01. The van der Waals surface area contributed by atoms with E-state index in [1.165, 1.54) is 31.3 Å².